The van der Waals surface area contributed by atoms with E-state index >= 15 is 0 Å². The predicted molar refractivity (Wildman–Crippen MR) is 53.5 cm³/mol. The average molecular weight is 195 g/mol. The minimum absolute atomic E-state index is 0.382. The van der Waals surface area contributed by atoms with Crippen molar-refractivity contribution in [3.63, 3.8) is 0 Å². The molecular formula is C10H13NO3. The summed E-state index contributed by atoms with van der Waals surface area (Å²) < 4.78 is 9.98. The topological polar surface area (TPSA) is 61.6 Å². The Kier molecular flexibility index (Phi) is 2.96. The molecule has 1 aromatic rings. The normalized spacial score (nSPS) is 9.64. The number of rotatable bonds is 2. The van der Waals surface area contributed by atoms with Crippen LogP contribution in [0.25, 0.3) is 0 Å². The quantitative estimate of drug-likeness (QED) is 0.441. The minimum atomic E-state index is -0.382. The first kappa shape index (κ1) is 10.4. The number of anilines is 1. The molecule has 1 rings (SSSR count). The Morgan fingerprint density at radius 1 is 1.36 bits per heavy atom. The molecule has 2 N–H and O–H groups in total. The van der Waals surface area contributed by atoms with Gasteiger partial charge in [-0.1, -0.05) is 0 Å². The van der Waals surface area contributed by atoms with Gasteiger partial charge in [0.1, 0.15) is 0 Å². The van der Waals surface area contributed by atoms with Gasteiger partial charge in [0, 0.05) is 18.7 Å². The number of hydrogen-bond donors (Lipinski definition) is 1. The van der Waals surface area contributed by atoms with Gasteiger partial charge in [0.15, 0.2) is 11.5 Å². The van der Waals surface area contributed by atoms with E-state index in [-0.39, 0.29) is 5.97 Å². The van der Waals surface area contributed by atoms with Crippen LogP contribution in [0.15, 0.2) is 12.1 Å². The first-order chi connectivity index (χ1) is 6.54. The maximum Gasteiger partial charge on any atom is 0.308 e. The molecule has 0 spiro atoms. The van der Waals surface area contributed by atoms with Gasteiger partial charge >= 0.3 is 5.97 Å². The van der Waals surface area contributed by atoms with Crippen molar-refractivity contribution < 1.29 is 14.3 Å². The lowest BCUT2D eigenvalue weighted by Crippen LogP contribution is -2.04. The number of carbonyl (C=O) groups is 1. The summed E-state index contributed by atoms with van der Waals surface area (Å²) in [5, 5.41) is 0. The molecule has 0 saturated heterocycles. The molecule has 4 nitrogen and oxygen atoms in total. The Balaban J connectivity index is 3.13. The fourth-order valence-corrected chi connectivity index (χ4v) is 1.07. The van der Waals surface area contributed by atoms with Gasteiger partial charge in [-0.15, -0.1) is 0 Å². The Hall–Kier alpha value is -1.71. The molecule has 0 unspecified atom stereocenters. The molecule has 1 aromatic carbocycles. The van der Waals surface area contributed by atoms with Crippen LogP contribution in [0.5, 0.6) is 11.5 Å². The molecular weight excluding hydrogens is 182 g/mol. The van der Waals surface area contributed by atoms with Crippen LogP contribution in [0.1, 0.15) is 12.5 Å². The van der Waals surface area contributed by atoms with Crippen molar-refractivity contribution in [1.82, 2.24) is 0 Å². The number of carbonyl (C=O) groups excluding carboxylic acids is 1. The summed E-state index contributed by atoms with van der Waals surface area (Å²) in [6, 6.07) is 3.31. The van der Waals surface area contributed by atoms with Crippen LogP contribution >= 0.6 is 0 Å². The van der Waals surface area contributed by atoms with Crippen LogP contribution in [-0.2, 0) is 4.79 Å². The van der Waals surface area contributed by atoms with Gasteiger partial charge in [0.25, 0.3) is 0 Å². The van der Waals surface area contributed by atoms with Crippen LogP contribution < -0.4 is 15.2 Å². The summed E-state index contributed by atoms with van der Waals surface area (Å²) in [5.41, 5.74) is 7.13. The van der Waals surface area contributed by atoms with Gasteiger partial charge in [0.05, 0.1) is 7.11 Å². The standard InChI is InChI=1S/C10H13NO3/c1-6-4-10(14-7(2)12)9(13-3)5-8(6)11/h4-5H,11H2,1-3H3. The van der Waals surface area contributed by atoms with Crippen LogP contribution in [0, 0.1) is 6.92 Å². The van der Waals surface area contributed by atoms with E-state index in [0.29, 0.717) is 17.2 Å². The van der Waals surface area contributed by atoms with Crippen LogP contribution in [0.4, 0.5) is 5.69 Å². The molecule has 0 heterocycles. The van der Waals surface area contributed by atoms with Crippen molar-refractivity contribution in [3.05, 3.63) is 17.7 Å². The zero-order valence-corrected chi connectivity index (χ0v) is 8.46. The first-order valence-corrected chi connectivity index (χ1v) is 4.17. The third-order valence-corrected chi connectivity index (χ3v) is 1.81. The van der Waals surface area contributed by atoms with Gasteiger partial charge in [-0.05, 0) is 18.6 Å². The summed E-state index contributed by atoms with van der Waals surface area (Å²) in [4.78, 5) is 10.8. The van der Waals surface area contributed by atoms with E-state index in [1.807, 2.05) is 6.92 Å². The van der Waals surface area contributed by atoms with Crippen LogP contribution in [0.2, 0.25) is 0 Å². The third-order valence-electron chi connectivity index (χ3n) is 1.81. The molecule has 14 heavy (non-hydrogen) atoms. The van der Waals surface area contributed by atoms with E-state index in [1.165, 1.54) is 14.0 Å². The molecule has 0 fully saturated rings. The lowest BCUT2D eigenvalue weighted by atomic mass is 10.2. The van der Waals surface area contributed by atoms with E-state index in [9.17, 15) is 4.79 Å². The maximum atomic E-state index is 10.8. The van der Waals surface area contributed by atoms with Crippen molar-refractivity contribution in [1.29, 1.82) is 0 Å². The molecule has 0 aromatic heterocycles. The second kappa shape index (κ2) is 4.00. The zero-order valence-electron chi connectivity index (χ0n) is 8.46. The second-order valence-corrected chi connectivity index (χ2v) is 2.95. The molecule has 0 atom stereocenters. The van der Waals surface area contributed by atoms with Crippen molar-refractivity contribution in [2.45, 2.75) is 13.8 Å². The SMILES string of the molecule is COc1cc(N)c(C)cc1OC(C)=O. The summed E-state index contributed by atoms with van der Waals surface area (Å²) in [6.07, 6.45) is 0. The van der Waals surface area contributed by atoms with E-state index < -0.39 is 0 Å². The minimum Gasteiger partial charge on any atom is -0.493 e. The van der Waals surface area contributed by atoms with Gasteiger partial charge in [0.2, 0.25) is 0 Å². The number of methoxy groups -OCH3 is 1. The van der Waals surface area contributed by atoms with Crippen LogP contribution in [-0.4, -0.2) is 13.1 Å². The lowest BCUT2D eigenvalue weighted by molar-refractivity contribution is -0.132. The largest absolute Gasteiger partial charge is 0.493 e. The predicted octanol–water partition coefficient (Wildman–Crippen LogP) is 1.51. The highest BCUT2D eigenvalue weighted by Crippen LogP contribution is 2.31. The van der Waals surface area contributed by atoms with Gasteiger partial charge < -0.3 is 15.2 Å². The van der Waals surface area contributed by atoms with Gasteiger partial charge in [-0.25, -0.2) is 0 Å². The molecule has 76 valence electrons. The van der Waals surface area contributed by atoms with Crippen LogP contribution in [0.3, 0.4) is 0 Å². The first-order valence-electron chi connectivity index (χ1n) is 4.17. The Bertz CT molecular complexity index is 361. The van der Waals surface area contributed by atoms with E-state index in [1.54, 1.807) is 12.1 Å². The number of hydrogen-bond acceptors (Lipinski definition) is 4. The molecule has 0 aliphatic heterocycles. The highest BCUT2D eigenvalue weighted by Gasteiger charge is 2.09. The van der Waals surface area contributed by atoms with Gasteiger partial charge in [-0.2, -0.15) is 0 Å². The molecule has 0 saturated carbocycles. The Labute approximate surface area is 82.6 Å². The van der Waals surface area contributed by atoms with E-state index in [4.69, 9.17) is 15.2 Å². The molecule has 0 radical (unpaired) electrons. The fourth-order valence-electron chi connectivity index (χ4n) is 1.07. The van der Waals surface area contributed by atoms with Crippen molar-refractivity contribution in [2.75, 3.05) is 12.8 Å². The summed E-state index contributed by atoms with van der Waals surface area (Å²) in [7, 11) is 1.50. The molecule has 4 heteroatoms. The van der Waals surface area contributed by atoms with Gasteiger partial charge in [-0.3, -0.25) is 4.79 Å². The summed E-state index contributed by atoms with van der Waals surface area (Å²) in [5.74, 6) is 0.475. The lowest BCUT2D eigenvalue weighted by Gasteiger charge is -2.10. The smallest absolute Gasteiger partial charge is 0.308 e. The number of nitrogen functional groups attached to an aromatic ring is 1. The molecule has 0 bridgehead atoms. The number of aryl methyl sites for hydroxylation is 1. The highest BCUT2D eigenvalue weighted by atomic mass is 16.6. The number of nitrogens with two attached hydrogens (primary N) is 1. The van der Waals surface area contributed by atoms with Crippen molar-refractivity contribution in [2.24, 2.45) is 0 Å². The van der Waals surface area contributed by atoms with Crippen molar-refractivity contribution >= 4 is 11.7 Å². The molecule has 0 aliphatic carbocycles. The van der Waals surface area contributed by atoms with E-state index in [2.05, 4.69) is 0 Å². The third kappa shape index (κ3) is 2.16. The monoisotopic (exact) mass is 195 g/mol. The highest BCUT2D eigenvalue weighted by molar-refractivity contribution is 5.71. The maximum absolute atomic E-state index is 10.8. The van der Waals surface area contributed by atoms with E-state index in [0.717, 1.165) is 5.56 Å². The summed E-state index contributed by atoms with van der Waals surface area (Å²) >= 11 is 0. The Morgan fingerprint density at radius 3 is 2.50 bits per heavy atom. The molecule has 0 aliphatic rings. The number of ether oxygens (including phenoxy) is 2. The summed E-state index contributed by atoms with van der Waals surface area (Å²) in [6.45, 7) is 3.17. The van der Waals surface area contributed by atoms with Crippen molar-refractivity contribution in [3.8, 4) is 11.5 Å². The zero-order chi connectivity index (χ0) is 10.7. The Morgan fingerprint density at radius 2 is 2.00 bits per heavy atom. The number of benzene rings is 1. The number of esters is 1. The second-order valence-electron chi connectivity index (χ2n) is 2.95. The molecule has 0 amide bonds. The average Bonchev–Trinajstić information content (AvgIpc) is 2.10. The fraction of sp³-hybridized carbons (Fsp3) is 0.300.